The number of aromatic nitrogens is 3. The summed E-state index contributed by atoms with van der Waals surface area (Å²) in [5, 5.41) is 13.3. The number of hydrogen-bond acceptors (Lipinski definition) is 5. The zero-order valence-corrected chi connectivity index (χ0v) is 15.6. The lowest BCUT2D eigenvalue weighted by atomic mass is 10.2. The largest absolute Gasteiger partial charge is 0.346 e. The normalized spacial score (nSPS) is 10.5. The molecule has 1 aromatic heterocycles. The van der Waals surface area contributed by atoms with Gasteiger partial charge in [-0.1, -0.05) is 36.4 Å². The number of rotatable bonds is 8. The second-order valence-electron chi connectivity index (χ2n) is 5.34. The Morgan fingerprint density at radius 1 is 1.32 bits per heavy atom. The summed E-state index contributed by atoms with van der Waals surface area (Å²) in [5.74, 6) is 0.380. The Hall–Kier alpha value is -2.06. The molecule has 0 spiro atoms. The van der Waals surface area contributed by atoms with Gasteiger partial charge in [0.2, 0.25) is 17.0 Å². The number of aromatic amines is 1. The number of halogens is 1. The van der Waals surface area contributed by atoms with Crippen LogP contribution in [0.15, 0.2) is 23.4 Å². The molecule has 0 aliphatic heterocycles. The van der Waals surface area contributed by atoms with Crippen molar-refractivity contribution in [1.29, 1.82) is 0 Å². The van der Waals surface area contributed by atoms with Crippen LogP contribution in [0.3, 0.4) is 0 Å². The van der Waals surface area contributed by atoms with Gasteiger partial charge >= 0.3 is 0 Å². The molecule has 1 aromatic carbocycles. The summed E-state index contributed by atoms with van der Waals surface area (Å²) in [6.07, 6.45) is 1.80. The van der Waals surface area contributed by atoms with Crippen LogP contribution in [-0.2, 0) is 16.0 Å². The highest BCUT2D eigenvalue weighted by Gasteiger charge is 2.10. The highest BCUT2D eigenvalue weighted by atomic mass is 35.5. The first-order chi connectivity index (χ1) is 12.0. The van der Waals surface area contributed by atoms with Crippen LogP contribution < -0.4 is 10.6 Å². The summed E-state index contributed by atoms with van der Waals surface area (Å²) < 4.78 is 0. The monoisotopic (exact) mass is 381 g/mol. The third-order valence-electron chi connectivity index (χ3n) is 3.32. The molecule has 7 nitrogen and oxygen atoms in total. The van der Waals surface area contributed by atoms with E-state index in [0.29, 0.717) is 15.9 Å². The minimum Gasteiger partial charge on any atom is -0.346 e. The minimum absolute atomic E-state index is 0.111. The molecule has 2 rings (SSSR count). The number of aryl methyl sites for hydroxylation is 1. The Balaban J connectivity index is 1.73. The molecule has 2 amide bonds. The van der Waals surface area contributed by atoms with Crippen molar-refractivity contribution in [2.45, 2.75) is 31.8 Å². The Kier molecular flexibility index (Phi) is 7.27. The van der Waals surface area contributed by atoms with Gasteiger partial charge in [-0.3, -0.25) is 14.7 Å². The number of thioether (sulfide) groups is 1. The zero-order chi connectivity index (χ0) is 18.2. The maximum Gasteiger partial charge on any atom is 0.243 e. The van der Waals surface area contributed by atoms with Gasteiger partial charge in [-0.2, -0.15) is 0 Å². The summed E-state index contributed by atoms with van der Waals surface area (Å²) in [6.45, 7) is 3.76. The van der Waals surface area contributed by atoms with Crippen LogP contribution in [0.1, 0.15) is 24.7 Å². The maximum atomic E-state index is 11.9. The Morgan fingerprint density at radius 2 is 2.12 bits per heavy atom. The van der Waals surface area contributed by atoms with E-state index in [1.165, 1.54) is 11.8 Å². The topological polar surface area (TPSA) is 99.8 Å². The van der Waals surface area contributed by atoms with E-state index in [9.17, 15) is 9.59 Å². The van der Waals surface area contributed by atoms with Crippen LogP contribution in [0.4, 0.5) is 5.69 Å². The van der Waals surface area contributed by atoms with Gasteiger partial charge in [0, 0.05) is 17.1 Å². The second-order valence-corrected chi connectivity index (χ2v) is 6.69. The number of H-pyrrole nitrogens is 1. The second kappa shape index (κ2) is 9.43. The molecule has 0 saturated carbocycles. The van der Waals surface area contributed by atoms with Gasteiger partial charge in [-0.15, -0.1) is 5.10 Å². The lowest BCUT2D eigenvalue weighted by Crippen LogP contribution is -2.34. The van der Waals surface area contributed by atoms with E-state index in [-0.39, 0.29) is 24.1 Å². The molecule has 0 unspecified atom stereocenters. The molecular weight excluding hydrogens is 362 g/mol. The molecule has 3 N–H and O–H groups in total. The quantitative estimate of drug-likeness (QED) is 0.610. The van der Waals surface area contributed by atoms with Gasteiger partial charge in [0.25, 0.3) is 0 Å². The predicted octanol–water partition coefficient (Wildman–Crippen LogP) is 2.57. The van der Waals surface area contributed by atoms with Crippen molar-refractivity contribution in [2.75, 3.05) is 17.6 Å². The van der Waals surface area contributed by atoms with Crippen molar-refractivity contribution in [2.24, 2.45) is 0 Å². The number of hydrogen-bond donors (Lipinski definition) is 3. The van der Waals surface area contributed by atoms with Crippen molar-refractivity contribution in [3.63, 3.8) is 0 Å². The zero-order valence-electron chi connectivity index (χ0n) is 14.1. The molecule has 0 atom stereocenters. The van der Waals surface area contributed by atoms with Gasteiger partial charge in [-0.05, 0) is 31.0 Å². The standard InChI is InChI=1S/C16H20ClN5O2S/c1-3-5-13-20-16(22-21-13)25-9-15(24)18-8-14(23)19-12-7-4-6-11(17)10(12)2/h4,6-7H,3,5,8-9H2,1-2H3,(H,18,24)(H,19,23)(H,20,21,22). The van der Waals surface area contributed by atoms with Gasteiger partial charge in [0.15, 0.2) is 0 Å². The van der Waals surface area contributed by atoms with Crippen molar-refractivity contribution in [3.8, 4) is 0 Å². The van der Waals surface area contributed by atoms with Crippen molar-refractivity contribution >= 4 is 40.9 Å². The van der Waals surface area contributed by atoms with E-state index in [1.807, 2.05) is 6.92 Å². The number of carbonyl (C=O) groups is 2. The van der Waals surface area contributed by atoms with Crippen LogP contribution in [0, 0.1) is 6.92 Å². The highest BCUT2D eigenvalue weighted by molar-refractivity contribution is 7.99. The van der Waals surface area contributed by atoms with Crippen LogP contribution in [0.2, 0.25) is 5.02 Å². The predicted molar refractivity (Wildman–Crippen MR) is 98.9 cm³/mol. The molecule has 9 heteroatoms. The number of benzene rings is 1. The third-order valence-corrected chi connectivity index (χ3v) is 4.58. The first-order valence-corrected chi connectivity index (χ1v) is 9.21. The lowest BCUT2D eigenvalue weighted by Gasteiger charge is -2.10. The fourth-order valence-corrected chi connectivity index (χ4v) is 2.81. The summed E-state index contributed by atoms with van der Waals surface area (Å²) in [4.78, 5) is 28.0. The van der Waals surface area contributed by atoms with E-state index in [0.717, 1.165) is 24.2 Å². The molecule has 0 aliphatic rings. The number of nitrogens with zero attached hydrogens (tertiary/aromatic N) is 2. The molecule has 0 saturated heterocycles. The van der Waals surface area contributed by atoms with E-state index in [2.05, 4.69) is 32.7 Å². The first kappa shape index (κ1) is 19.3. The van der Waals surface area contributed by atoms with Crippen LogP contribution in [0.5, 0.6) is 0 Å². The molecule has 1 heterocycles. The van der Waals surface area contributed by atoms with Gasteiger partial charge in [0.05, 0.1) is 12.3 Å². The summed E-state index contributed by atoms with van der Waals surface area (Å²) in [7, 11) is 0. The maximum absolute atomic E-state index is 11.9. The molecular formula is C16H20ClN5O2S. The number of carbonyl (C=O) groups excluding carboxylic acids is 2. The molecule has 134 valence electrons. The number of nitrogens with one attached hydrogen (secondary N) is 3. The van der Waals surface area contributed by atoms with E-state index < -0.39 is 0 Å². The van der Waals surface area contributed by atoms with Gasteiger partial charge < -0.3 is 10.6 Å². The van der Waals surface area contributed by atoms with E-state index in [4.69, 9.17) is 11.6 Å². The Morgan fingerprint density at radius 3 is 2.88 bits per heavy atom. The van der Waals surface area contributed by atoms with E-state index in [1.54, 1.807) is 18.2 Å². The average molecular weight is 382 g/mol. The smallest absolute Gasteiger partial charge is 0.243 e. The van der Waals surface area contributed by atoms with Gasteiger partial charge in [-0.25, -0.2) is 4.98 Å². The van der Waals surface area contributed by atoms with Crippen molar-refractivity contribution < 1.29 is 9.59 Å². The molecule has 25 heavy (non-hydrogen) atoms. The lowest BCUT2D eigenvalue weighted by molar-refractivity contribution is -0.122. The molecule has 0 bridgehead atoms. The Bertz CT molecular complexity index is 750. The highest BCUT2D eigenvalue weighted by Crippen LogP contribution is 2.22. The molecule has 0 aliphatic carbocycles. The summed E-state index contributed by atoms with van der Waals surface area (Å²) in [5.41, 5.74) is 1.41. The number of anilines is 1. The summed E-state index contributed by atoms with van der Waals surface area (Å²) >= 11 is 7.23. The molecule has 2 aromatic rings. The van der Waals surface area contributed by atoms with Crippen LogP contribution >= 0.6 is 23.4 Å². The molecule has 0 fully saturated rings. The third kappa shape index (κ3) is 6.06. The van der Waals surface area contributed by atoms with Gasteiger partial charge in [0.1, 0.15) is 5.82 Å². The SMILES string of the molecule is CCCc1nc(SCC(=O)NCC(=O)Nc2cccc(Cl)c2C)n[nH]1. The van der Waals surface area contributed by atoms with Crippen LogP contribution in [0.25, 0.3) is 0 Å². The fourth-order valence-electron chi connectivity index (χ4n) is 1.99. The fraction of sp³-hybridized carbons (Fsp3) is 0.375. The molecule has 0 radical (unpaired) electrons. The minimum atomic E-state index is -0.313. The van der Waals surface area contributed by atoms with E-state index >= 15 is 0 Å². The van der Waals surface area contributed by atoms with Crippen molar-refractivity contribution in [1.82, 2.24) is 20.5 Å². The van der Waals surface area contributed by atoms with Crippen molar-refractivity contribution in [3.05, 3.63) is 34.6 Å². The Labute approximate surface area is 155 Å². The average Bonchev–Trinajstić information content (AvgIpc) is 3.03. The first-order valence-electron chi connectivity index (χ1n) is 7.85. The number of amides is 2. The summed E-state index contributed by atoms with van der Waals surface area (Å²) in [6, 6.07) is 5.26. The van der Waals surface area contributed by atoms with Crippen LogP contribution in [-0.4, -0.2) is 39.3 Å².